The van der Waals surface area contributed by atoms with E-state index in [0.717, 1.165) is 16.5 Å². The molecule has 0 amide bonds. The molecule has 5 nitrogen and oxygen atoms in total. The van der Waals surface area contributed by atoms with Crippen molar-refractivity contribution in [2.45, 2.75) is 32.8 Å². The van der Waals surface area contributed by atoms with Gasteiger partial charge in [0.25, 0.3) is 0 Å². The lowest BCUT2D eigenvalue weighted by atomic mass is 9.96. The van der Waals surface area contributed by atoms with Crippen LogP contribution in [0.4, 0.5) is 0 Å². The average molecular weight is 301 g/mol. The predicted octanol–water partition coefficient (Wildman–Crippen LogP) is 2.82. The van der Waals surface area contributed by atoms with Gasteiger partial charge >= 0.3 is 11.9 Å². The van der Waals surface area contributed by atoms with Crippen LogP contribution in [0, 0.1) is 5.92 Å². The molecule has 1 aromatic carbocycles. The summed E-state index contributed by atoms with van der Waals surface area (Å²) in [5.74, 6) is -3.14. The van der Waals surface area contributed by atoms with Gasteiger partial charge < -0.3 is 9.84 Å². The third kappa shape index (κ3) is 3.81. The monoisotopic (exact) mass is 301 g/mol. The molecular formula is C17H19NO4. The first-order valence-electron chi connectivity index (χ1n) is 7.06. The summed E-state index contributed by atoms with van der Waals surface area (Å²) in [7, 11) is 0. The molecule has 2 rings (SSSR count). The third-order valence-electron chi connectivity index (χ3n) is 3.15. The summed E-state index contributed by atoms with van der Waals surface area (Å²) in [6.07, 6.45) is 1.69. The molecule has 0 bridgehead atoms. The van der Waals surface area contributed by atoms with Crippen LogP contribution >= 0.6 is 0 Å². The van der Waals surface area contributed by atoms with E-state index in [2.05, 4.69) is 4.98 Å². The number of aliphatic carboxylic acids is 1. The molecule has 5 heteroatoms. The van der Waals surface area contributed by atoms with Crippen molar-refractivity contribution in [1.82, 2.24) is 4.98 Å². The summed E-state index contributed by atoms with van der Waals surface area (Å²) in [6, 6.07) is 9.18. The number of hydrogen-bond donors (Lipinski definition) is 1. The Morgan fingerprint density at radius 2 is 1.91 bits per heavy atom. The van der Waals surface area contributed by atoms with E-state index in [1.54, 1.807) is 33.0 Å². The van der Waals surface area contributed by atoms with E-state index in [0.29, 0.717) is 0 Å². The number of pyridine rings is 1. The number of aromatic nitrogens is 1. The molecule has 0 radical (unpaired) electrons. The van der Waals surface area contributed by atoms with Gasteiger partial charge in [0.1, 0.15) is 5.60 Å². The molecule has 0 fully saturated rings. The van der Waals surface area contributed by atoms with Crippen LogP contribution in [-0.4, -0.2) is 27.6 Å². The summed E-state index contributed by atoms with van der Waals surface area (Å²) in [5.41, 5.74) is 0.822. The highest BCUT2D eigenvalue weighted by molar-refractivity contribution is 5.95. The second kappa shape index (κ2) is 6.13. The zero-order valence-electron chi connectivity index (χ0n) is 12.9. The lowest BCUT2D eigenvalue weighted by Crippen LogP contribution is -2.34. The Balaban J connectivity index is 2.31. The quantitative estimate of drug-likeness (QED) is 0.694. The van der Waals surface area contributed by atoms with Crippen molar-refractivity contribution in [3.63, 3.8) is 0 Å². The van der Waals surface area contributed by atoms with Crippen molar-refractivity contribution >= 4 is 22.8 Å². The van der Waals surface area contributed by atoms with Crippen molar-refractivity contribution in [2.75, 3.05) is 0 Å². The van der Waals surface area contributed by atoms with E-state index in [9.17, 15) is 14.7 Å². The number of nitrogens with zero attached hydrogens (tertiary/aromatic N) is 1. The molecule has 1 N–H and O–H groups in total. The van der Waals surface area contributed by atoms with Crippen LogP contribution in [0.25, 0.3) is 10.9 Å². The SMILES string of the molecule is CC(C)(C)OC(=O)[C@@H](Cc1ccnc2ccccc12)C(=O)O. The Bertz CT molecular complexity index is 698. The lowest BCUT2D eigenvalue weighted by molar-refractivity contribution is -0.166. The third-order valence-corrected chi connectivity index (χ3v) is 3.15. The van der Waals surface area contributed by atoms with E-state index in [1.807, 2.05) is 24.3 Å². The summed E-state index contributed by atoms with van der Waals surface area (Å²) >= 11 is 0. The minimum Gasteiger partial charge on any atom is -0.481 e. The number of carbonyl (C=O) groups is 2. The fourth-order valence-corrected chi connectivity index (χ4v) is 2.20. The molecule has 0 saturated carbocycles. The molecule has 0 aliphatic carbocycles. The Morgan fingerprint density at radius 1 is 1.23 bits per heavy atom. The van der Waals surface area contributed by atoms with Gasteiger partial charge in [0.2, 0.25) is 0 Å². The zero-order valence-corrected chi connectivity index (χ0v) is 12.9. The summed E-state index contributed by atoms with van der Waals surface area (Å²) in [4.78, 5) is 27.8. The van der Waals surface area contributed by atoms with Gasteiger partial charge in [0.15, 0.2) is 5.92 Å². The van der Waals surface area contributed by atoms with E-state index in [-0.39, 0.29) is 6.42 Å². The Morgan fingerprint density at radius 3 is 2.55 bits per heavy atom. The van der Waals surface area contributed by atoms with Gasteiger partial charge in [0, 0.05) is 11.6 Å². The number of benzene rings is 1. The fraction of sp³-hybridized carbons (Fsp3) is 0.353. The molecule has 0 spiro atoms. The highest BCUT2D eigenvalue weighted by atomic mass is 16.6. The van der Waals surface area contributed by atoms with Crippen LogP contribution < -0.4 is 0 Å². The highest BCUT2D eigenvalue weighted by Crippen LogP contribution is 2.21. The van der Waals surface area contributed by atoms with Crippen LogP contribution in [0.3, 0.4) is 0 Å². The molecule has 0 aliphatic heterocycles. The van der Waals surface area contributed by atoms with Gasteiger partial charge in [0.05, 0.1) is 5.52 Å². The molecular weight excluding hydrogens is 282 g/mol. The number of para-hydroxylation sites is 1. The number of fused-ring (bicyclic) bond motifs is 1. The Labute approximate surface area is 128 Å². The summed E-state index contributed by atoms with van der Waals surface area (Å²) in [5, 5.41) is 10.2. The molecule has 0 unspecified atom stereocenters. The van der Waals surface area contributed by atoms with Crippen molar-refractivity contribution in [3.8, 4) is 0 Å². The van der Waals surface area contributed by atoms with E-state index in [4.69, 9.17) is 4.74 Å². The van der Waals surface area contributed by atoms with Crippen molar-refractivity contribution < 1.29 is 19.4 Å². The smallest absolute Gasteiger partial charge is 0.321 e. The molecule has 2 aromatic rings. The number of carbonyl (C=O) groups excluding carboxylic acids is 1. The number of carboxylic acid groups (broad SMARTS) is 1. The second-order valence-electron chi connectivity index (χ2n) is 6.12. The second-order valence-corrected chi connectivity index (χ2v) is 6.12. The first-order valence-corrected chi connectivity index (χ1v) is 7.06. The van der Waals surface area contributed by atoms with Gasteiger partial charge in [-0.3, -0.25) is 14.6 Å². The van der Waals surface area contributed by atoms with Crippen LogP contribution in [0.5, 0.6) is 0 Å². The zero-order chi connectivity index (χ0) is 16.3. The highest BCUT2D eigenvalue weighted by Gasteiger charge is 2.31. The van der Waals surface area contributed by atoms with Crippen LogP contribution in [0.15, 0.2) is 36.5 Å². The number of rotatable bonds is 4. The number of esters is 1. The van der Waals surface area contributed by atoms with E-state index < -0.39 is 23.5 Å². The molecule has 0 aliphatic rings. The van der Waals surface area contributed by atoms with Gasteiger partial charge in [-0.15, -0.1) is 0 Å². The van der Waals surface area contributed by atoms with Crippen molar-refractivity contribution in [2.24, 2.45) is 5.92 Å². The van der Waals surface area contributed by atoms with Gasteiger partial charge in [-0.1, -0.05) is 18.2 Å². The van der Waals surface area contributed by atoms with Gasteiger partial charge in [-0.05, 0) is 44.9 Å². The summed E-state index contributed by atoms with van der Waals surface area (Å²) < 4.78 is 5.21. The first-order chi connectivity index (χ1) is 10.3. The van der Waals surface area contributed by atoms with Crippen molar-refractivity contribution in [1.29, 1.82) is 0 Å². The Kier molecular flexibility index (Phi) is 4.45. The molecule has 22 heavy (non-hydrogen) atoms. The topological polar surface area (TPSA) is 76.5 Å². The van der Waals surface area contributed by atoms with Crippen LogP contribution in [0.2, 0.25) is 0 Å². The molecule has 0 saturated heterocycles. The van der Waals surface area contributed by atoms with Crippen LogP contribution in [0.1, 0.15) is 26.3 Å². The van der Waals surface area contributed by atoms with Gasteiger partial charge in [-0.25, -0.2) is 0 Å². The predicted molar refractivity (Wildman–Crippen MR) is 82.4 cm³/mol. The van der Waals surface area contributed by atoms with E-state index in [1.165, 1.54) is 0 Å². The number of hydrogen-bond acceptors (Lipinski definition) is 4. The van der Waals surface area contributed by atoms with Gasteiger partial charge in [-0.2, -0.15) is 0 Å². The van der Waals surface area contributed by atoms with E-state index >= 15 is 0 Å². The minimum absolute atomic E-state index is 0.0767. The maximum absolute atomic E-state index is 12.1. The molecule has 116 valence electrons. The average Bonchev–Trinajstić information content (AvgIpc) is 2.42. The minimum atomic E-state index is -1.23. The molecule has 1 atom stereocenters. The normalized spacial score (nSPS) is 12.9. The molecule has 1 heterocycles. The first kappa shape index (κ1) is 15.9. The number of carboxylic acids is 1. The lowest BCUT2D eigenvalue weighted by Gasteiger charge is -2.22. The Hall–Kier alpha value is -2.43. The summed E-state index contributed by atoms with van der Waals surface area (Å²) in [6.45, 7) is 5.14. The van der Waals surface area contributed by atoms with Crippen LogP contribution in [-0.2, 0) is 20.7 Å². The maximum Gasteiger partial charge on any atom is 0.321 e. The number of ether oxygens (including phenoxy) is 1. The maximum atomic E-state index is 12.1. The molecule has 1 aromatic heterocycles. The largest absolute Gasteiger partial charge is 0.481 e. The fourth-order valence-electron chi connectivity index (χ4n) is 2.20. The standard InChI is InChI=1S/C17H19NO4/c1-17(2,3)22-16(21)13(15(19)20)10-11-8-9-18-14-7-5-4-6-12(11)14/h4-9,13H,10H2,1-3H3,(H,19,20)/t13-/m0/s1. The van der Waals surface area contributed by atoms with Crippen molar-refractivity contribution in [3.05, 3.63) is 42.1 Å².